The highest BCUT2D eigenvalue weighted by Gasteiger charge is 2.19. The number of hydrogen-bond donors (Lipinski definition) is 0. The van der Waals surface area contributed by atoms with Gasteiger partial charge in [0.1, 0.15) is 0 Å². The van der Waals surface area contributed by atoms with Crippen LogP contribution in [-0.4, -0.2) is 0 Å². The van der Waals surface area contributed by atoms with Gasteiger partial charge in [-0.15, -0.1) is 0 Å². The summed E-state index contributed by atoms with van der Waals surface area (Å²) in [4.78, 5) is 0. The summed E-state index contributed by atoms with van der Waals surface area (Å²) in [7, 11) is 0. The zero-order valence-electron chi connectivity index (χ0n) is 22.7. The minimum atomic E-state index is 0.599. The minimum absolute atomic E-state index is 0.599. The molecule has 0 aromatic heterocycles. The van der Waals surface area contributed by atoms with Crippen molar-refractivity contribution in [3.05, 3.63) is 24.3 Å². The van der Waals surface area contributed by atoms with Gasteiger partial charge in [0.25, 0.3) is 0 Å². The summed E-state index contributed by atoms with van der Waals surface area (Å²) in [5, 5.41) is 0. The molecule has 0 heteroatoms. The standard InChI is InChI=1S/C30H58/c1-13-22(4)15-24(6)16-25(7)17-26(8)19-28(10)30(12)20-29(11)27(9)18-23(5)14-21(2)3/h21-28H,11-20H2,1-10H3. The highest BCUT2D eigenvalue weighted by Crippen LogP contribution is 2.32. The summed E-state index contributed by atoms with van der Waals surface area (Å²) in [6, 6.07) is 0. The largest absolute Gasteiger partial charge is 0.0993 e. The lowest BCUT2D eigenvalue weighted by molar-refractivity contribution is 0.290. The number of allylic oxidation sites excluding steroid dienone is 2. The summed E-state index contributed by atoms with van der Waals surface area (Å²) in [5.74, 6) is 6.11. The molecule has 30 heavy (non-hydrogen) atoms. The van der Waals surface area contributed by atoms with Crippen LogP contribution in [0.3, 0.4) is 0 Å². The Morgan fingerprint density at radius 2 is 0.833 bits per heavy atom. The normalized spacial score (nSPS) is 19.0. The van der Waals surface area contributed by atoms with Gasteiger partial charge in [-0.2, -0.15) is 0 Å². The molecule has 0 saturated carbocycles. The van der Waals surface area contributed by atoms with E-state index in [9.17, 15) is 0 Å². The zero-order chi connectivity index (χ0) is 23.4. The molecular weight excluding hydrogens is 360 g/mol. The molecule has 0 aromatic rings. The number of rotatable bonds is 17. The van der Waals surface area contributed by atoms with Crippen molar-refractivity contribution < 1.29 is 0 Å². The van der Waals surface area contributed by atoms with E-state index in [0.29, 0.717) is 11.8 Å². The van der Waals surface area contributed by atoms with Crippen LogP contribution in [0.1, 0.15) is 121 Å². The topological polar surface area (TPSA) is 0 Å². The first-order valence-corrected chi connectivity index (χ1v) is 13.2. The summed E-state index contributed by atoms with van der Waals surface area (Å²) >= 11 is 0. The molecule has 0 bridgehead atoms. The fraction of sp³-hybridized carbons (Fsp3) is 0.867. The maximum Gasteiger partial charge on any atom is -0.0109 e. The Balaban J connectivity index is 4.36. The van der Waals surface area contributed by atoms with Gasteiger partial charge in [-0.05, 0) is 92.3 Å². The van der Waals surface area contributed by atoms with Crippen molar-refractivity contribution in [3.8, 4) is 0 Å². The Bertz CT molecular complexity index is 470. The molecule has 0 saturated heterocycles. The van der Waals surface area contributed by atoms with Crippen LogP contribution in [0.25, 0.3) is 0 Å². The van der Waals surface area contributed by atoms with Crippen LogP contribution in [0.5, 0.6) is 0 Å². The van der Waals surface area contributed by atoms with E-state index < -0.39 is 0 Å². The third kappa shape index (κ3) is 13.7. The van der Waals surface area contributed by atoms with Gasteiger partial charge in [0, 0.05) is 0 Å². The maximum atomic E-state index is 4.47. The molecule has 0 rings (SSSR count). The van der Waals surface area contributed by atoms with Crippen molar-refractivity contribution in [2.75, 3.05) is 0 Å². The molecule has 0 heterocycles. The summed E-state index contributed by atoms with van der Waals surface area (Å²) in [6.07, 6.45) is 10.3. The van der Waals surface area contributed by atoms with Gasteiger partial charge in [-0.1, -0.05) is 100.0 Å². The van der Waals surface area contributed by atoms with Gasteiger partial charge in [0.2, 0.25) is 0 Å². The number of hydrogen-bond acceptors (Lipinski definition) is 0. The smallest absolute Gasteiger partial charge is 0.0109 e. The lowest BCUT2D eigenvalue weighted by atomic mass is 9.80. The average molecular weight is 419 g/mol. The van der Waals surface area contributed by atoms with Crippen LogP contribution in [0.15, 0.2) is 24.3 Å². The van der Waals surface area contributed by atoms with E-state index in [1.165, 1.54) is 56.1 Å². The van der Waals surface area contributed by atoms with E-state index in [-0.39, 0.29) is 0 Å². The second-order valence-corrected chi connectivity index (χ2v) is 12.0. The lowest BCUT2D eigenvalue weighted by Gasteiger charge is -2.26. The molecular formula is C30H58. The van der Waals surface area contributed by atoms with E-state index in [2.05, 4.69) is 82.4 Å². The first-order valence-electron chi connectivity index (χ1n) is 13.2. The molecule has 178 valence electrons. The Kier molecular flexibility index (Phi) is 15.0. The van der Waals surface area contributed by atoms with Gasteiger partial charge in [0.05, 0.1) is 0 Å². The maximum absolute atomic E-state index is 4.47. The Morgan fingerprint density at radius 3 is 1.20 bits per heavy atom. The van der Waals surface area contributed by atoms with Crippen LogP contribution in [0.4, 0.5) is 0 Å². The second-order valence-electron chi connectivity index (χ2n) is 12.0. The third-order valence-electron chi connectivity index (χ3n) is 7.34. The SMILES string of the molecule is C=C(CC(=C)C(C)CC(C)CC(C)CC(C)CC(C)CC)C(C)CC(C)CC(C)C. The quantitative estimate of drug-likeness (QED) is 0.206. The summed E-state index contributed by atoms with van der Waals surface area (Å²) < 4.78 is 0. The van der Waals surface area contributed by atoms with Crippen molar-refractivity contribution >= 4 is 0 Å². The van der Waals surface area contributed by atoms with Crippen molar-refractivity contribution in [3.63, 3.8) is 0 Å². The highest BCUT2D eigenvalue weighted by molar-refractivity contribution is 5.14. The van der Waals surface area contributed by atoms with E-state index in [1.54, 1.807) is 0 Å². The fourth-order valence-electron chi connectivity index (χ4n) is 5.60. The van der Waals surface area contributed by atoms with E-state index in [4.69, 9.17) is 0 Å². The molecule has 0 aliphatic heterocycles. The van der Waals surface area contributed by atoms with Crippen molar-refractivity contribution in [2.45, 2.75) is 121 Å². The molecule has 0 N–H and O–H groups in total. The van der Waals surface area contributed by atoms with E-state index in [0.717, 1.165) is 41.9 Å². The van der Waals surface area contributed by atoms with Gasteiger partial charge >= 0.3 is 0 Å². The molecule has 0 nitrogen and oxygen atoms in total. The van der Waals surface area contributed by atoms with Crippen molar-refractivity contribution in [2.24, 2.45) is 47.3 Å². The van der Waals surface area contributed by atoms with Gasteiger partial charge < -0.3 is 0 Å². The predicted molar refractivity (Wildman–Crippen MR) is 140 cm³/mol. The van der Waals surface area contributed by atoms with Crippen LogP contribution >= 0.6 is 0 Å². The fourth-order valence-corrected chi connectivity index (χ4v) is 5.60. The van der Waals surface area contributed by atoms with Crippen LogP contribution in [0.2, 0.25) is 0 Å². The molecule has 0 aliphatic carbocycles. The molecule has 7 atom stereocenters. The Morgan fingerprint density at radius 1 is 0.500 bits per heavy atom. The lowest BCUT2D eigenvalue weighted by Crippen LogP contribution is -2.13. The van der Waals surface area contributed by atoms with Gasteiger partial charge in [-0.25, -0.2) is 0 Å². The summed E-state index contributed by atoms with van der Waals surface area (Å²) in [5.41, 5.74) is 2.79. The van der Waals surface area contributed by atoms with Crippen LogP contribution in [0, 0.1) is 47.3 Å². The average Bonchev–Trinajstić information content (AvgIpc) is 2.59. The molecule has 0 aromatic carbocycles. The molecule has 0 fully saturated rings. The minimum Gasteiger partial charge on any atom is -0.0993 e. The molecule has 0 radical (unpaired) electrons. The first-order chi connectivity index (χ1) is 13.8. The first kappa shape index (κ1) is 29.5. The molecule has 0 aliphatic rings. The molecule has 0 spiro atoms. The highest BCUT2D eigenvalue weighted by atomic mass is 14.2. The monoisotopic (exact) mass is 418 g/mol. The zero-order valence-corrected chi connectivity index (χ0v) is 22.7. The van der Waals surface area contributed by atoms with Crippen molar-refractivity contribution in [1.82, 2.24) is 0 Å². The van der Waals surface area contributed by atoms with Crippen LogP contribution in [-0.2, 0) is 0 Å². The molecule has 7 unspecified atom stereocenters. The summed E-state index contributed by atoms with van der Waals surface area (Å²) in [6.45, 7) is 32.8. The van der Waals surface area contributed by atoms with Gasteiger partial charge in [0.15, 0.2) is 0 Å². The third-order valence-corrected chi connectivity index (χ3v) is 7.34. The van der Waals surface area contributed by atoms with E-state index in [1.807, 2.05) is 0 Å². The van der Waals surface area contributed by atoms with Crippen molar-refractivity contribution in [1.29, 1.82) is 0 Å². The Hall–Kier alpha value is -0.520. The van der Waals surface area contributed by atoms with Gasteiger partial charge in [-0.3, -0.25) is 0 Å². The second kappa shape index (κ2) is 15.3. The molecule has 0 amide bonds. The predicted octanol–water partition coefficient (Wildman–Crippen LogP) is 10.3. The van der Waals surface area contributed by atoms with Crippen LogP contribution < -0.4 is 0 Å². The Labute approximate surface area is 192 Å². The van der Waals surface area contributed by atoms with E-state index >= 15 is 0 Å².